The lowest BCUT2D eigenvalue weighted by Gasteiger charge is -2.35. The number of carbonyl (C=O) groups is 2. The number of piperidine rings is 1. The molecule has 1 saturated heterocycles. The highest BCUT2D eigenvalue weighted by molar-refractivity contribution is 6.01. The van der Waals surface area contributed by atoms with Crippen LogP contribution >= 0.6 is 0 Å². The highest BCUT2D eigenvalue weighted by Crippen LogP contribution is 2.35. The fourth-order valence-corrected chi connectivity index (χ4v) is 5.74. The number of rotatable bonds is 10. The van der Waals surface area contributed by atoms with Gasteiger partial charge in [-0.05, 0) is 75.9 Å². The fourth-order valence-electron chi connectivity index (χ4n) is 5.74. The van der Waals surface area contributed by atoms with E-state index in [0.29, 0.717) is 42.5 Å². The zero-order valence-corrected chi connectivity index (χ0v) is 26.6. The number of pyridine rings is 1. The van der Waals surface area contributed by atoms with Crippen molar-refractivity contribution in [2.75, 3.05) is 18.1 Å². The van der Waals surface area contributed by atoms with Gasteiger partial charge < -0.3 is 29.7 Å². The van der Waals surface area contributed by atoms with Crippen LogP contribution in [-0.4, -0.2) is 60.5 Å². The maximum Gasteiger partial charge on any atom is 0.350 e. The molecule has 14 heteroatoms. The van der Waals surface area contributed by atoms with E-state index in [1.807, 2.05) is 16.9 Å². The molecule has 0 bridgehead atoms. The molecule has 14 nitrogen and oxygen atoms in total. The number of nitriles is 1. The van der Waals surface area contributed by atoms with Gasteiger partial charge in [0.2, 0.25) is 0 Å². The summed E-state index contributed by atoms with van der Waals surface area (Å²) in [7, 11) is 0. The van der Waals surface area contributed by atoms with E-state index >= 15 is 0 Å². The fraction of sp³-hybridized carbons (Fsp3) is 0.324. The van der Waals surface area contributed by atoms with Crippen molar-refractivity contribution in [3.63, 3.8) is 0 Å². The molecular weight excluding hydrogens is 616 g/mol. The Balaban J connectivity index is 1.24. The summed E-state index contributed by atoms with van der Waals surface area (Å²) in [6.07, 6.45) is 4.98. The highest BCUT2D eigenvalue weighted by Gasteiger charge is 2.36. The van der Waals surface area contributed by atoms with E-state index in [2.05, 4.69) is 31.3 Å². The summed E-state index contributed by atoms with van der Waals surface area (Å²) < 4.78 is 14.2. The number of aromatic hydroxyl groups is 1. The van der Waals surface area contributed by atoms with Crippen LogP contribution in [0.4, 0.5) is 11.4 Å². The Hall–Kier alpha value is -5.97. The summed E-state index contributed by atoms with van der Waals surface area (Å²) in [5.74, 6) is -1.20. The van der Waals surface area contributed by atoms with Gasteiger partial charge in [0, 0.05) is 31.1 Å². The zero-order valence-electron chi connectivity index (χ0n) is 26.6. The van der Waals surface area contributed by atoms with Crippen LogP contribution in [0.2, 0.25) is 0 Å². The number of benzene rings is 2. The van der Waals surface area contributed by atoms with Crippen molar-refractivity contribution >= 4 is 45.4 Å². The molecule has 3 aromatic heterocycles. The molecule has 0 unspecified atom stereocenters. The molecular formula is C34H34N8O6. The van der Waals surface area contributed by atoms with Gasteiger partial charge in [-0.3, -0.25) is 0 Å². The molecule has 0 amide bonds. The molecule has 48 heavy (non-hydrogen) atoms. The van der Waals surface area contributed by atoms with E-state index in [4.69, 9.17) is 14.5 Å². The number of carboxylic acid groups (broad SMARTS) is 1. The molecule has 0 saturated carbocycles. The predicted octanol–water partition coefficient (Wildman–Crippen LogP) is 6.46. The van der Waals surface area contributed by atoms with Gasteiger partial charge in [0.05, 0.1) is 18.0 Å². The quantitative estimate of drug-likeness (QED) is 0.112. The van der Waals surface area contributed by atoms with Gasteiger partial charge in [0.15, 0.2) is 17.5 Å². The first-order valence-corrected chi connectivity index (χ1v) is 15.5. The number of carboxylic acids is 1. The minimum Gasteiger partial charge on any atom is -0.507 e. The van der Waals surface area contributed by atoms with Crippen LogP contribution in [0.25, 0.3) is 22.1 Å². The Bertz CT molecular complexity index is 2070. The second kappa shape index (κ2) is 13.0. The van der Waals surface area contributed by atoms with Crippen LogP contribution in [0, 0.1) is 17.2 Å². The lowest BCUT2D eigenvalue weighted by atomic mass is 9.95. The molecule has 0 radical (unpaired) electrons. The van der Waals surface area contributed by atoms with E-state index in [1.54, 1.807) is 51.2 Å². The number of H-pyrrole nitrogens is 1. The molecule has 2 aromatic carbocycles. The summed E-state index contributed by atoms with van der Waals surface area (Å²) in [6.45, 7) is 6.36. The number of ether oxygens (including phenoxy) is 2. The second-order valence-electron chi connectivity index (χ2n) is 12.1. The Morgan fingerprint density at radius 2 is 1.94 bits per heavy atom. The maximum atomic E-state index is 13.7. The molecule has 0 spiro atoms. The van der Waals surface area contributed by atoms with Crippen LogP contribution in [0.5, 0.6) is 11.5 Å². The number of nitrogens with one attached hydrogen (secondary N) is 1. The van der Waals surface area contributed by atoms with Gasteiger partial charge in [-0.15, -0.1) is 5.11 Å². The number of hydrogen-bond acceptors (Lipinski definition) is 11. The number of imidazole rings is 1. The van der Waals surface area contributed by atoms with Crippen molar-refractivity contribution in [2.45, 2.75) is 51.7 Å². The number of aromatic carboxylic acids is 1. The van der Waals surface area contributed by atoms with Gasteiger partial charge >= 0.3 is 11.9 Å². The SMILES string of the molecule is C[C@@H](OC(=O)C(C)(C)Oc1ccccc1/N=N/c1ccc(O)c(C(=O)O)c1)c1nc2cnc3[nH]ccc3c2n1N1CCC(CC#N)CC1. The van der Waals surface area contributed by atoms with E-state index in [0.717, 1.165) is 29.4 Å². The number of fused-ring (bicyclic) bond motifs is 3. The van der Waals surface area contributed by atoms with Gasteiger partial charge in [0.1, 0.15) is 39.4 Å². The van der Waals surface area contributed by atoms with Gasteiger partial charge in [0.25, 0.3) is 0 Å². The molecule has 246 valence electrons. The van der Waals surface area contributed by atoms with Gasteiger partial charge in [-0.25, -0.2) is 24.2 Å². The van der Waals surface area contributed by atoms with E-state index < -0.39 is 23.6 Å². The van der Waals surface area contributed by atoms with Gasteiger partial charge in [-0.2, -0.15) is 10.4 Å². The summed E-state index contributed by atoms with van der Waals surface area (Å²) in [4.78, 5) is 37.6. The first-order chi connectivity index (χ1) is 23.1. The van der Waals surface area contributed by atoms with Crippen molar-refractivity contribution in [1.82, 2.24) is 19.6 Å². The Labute approximate surface area is 275 Å². The Morgan fingerprint density at radius 1 is 1.17 bits per heavy atom. The van der Waals surface area contributed by atoms with Crippen molar-refractivity contribution < 1.29 is 29.3 Å². The van der Waals surface area contributed by atoms with Crippen molar-refractivity contribution in [1.29, 1.82) is 5.26 Å². The van der Waals surface area contributed by atoms with Crippen molar-refractivity contribution in [2.24, 2.45) is 16.1 Å². The third-order valence-electron chi connectivity index (χ3n) is 8.31. The van der Waals surface area contributed by atoms with Crippen LogP contribution < -0.4 is 9.75 Å². The second-order valence-corrected chi connectivity index (χ2v) is 12.1. The summed E-state index contributed by atoms with van der Waals surface area (Å²) in [6, 6.07) is 14.8. The molecule has 1 aliphatic rings. The van der Waals surface area contributed by atoms with Crippen LogP contribution in [0.1, 0.15) is 62.3 Å². The molecule has 1 aliphatic heterocycles. The number of phenols is 1. The van der Waals surface area contributed by atoms with Gasteiger partial charge in [-0.1, -0.05) is 12.1 Å². The Kier molecular flexibility index (Phi) is 8.68. The first kappa shape index (κ1) is 32.0. The third kappa shape index (κ3) is 6.35. The summed E-state index contributed by atoms with van der Waals surface area (Å²) in [5.41, 5.74) is 0.973. The zero-order chi connectivity index (χ0) is 34.0. The minimum absolute atomic E-state index is 0.205. The van der Waals surface area contributed by atoms with Crippen LogP contribution in [0.15, 0.2) is 71.2 Å². The largest absolute Gasteiger partial charge is 0.507 e. The summed E-state index contributed by atoms with van der Waals surface area (Å²) >= 11 is 0. The third-order valence-corrected chi connectivity index (χ3v) is 8.31. The van der Waals surface area contributed by atoms with E-state index in [-0.39, 0.29) is 22.7 Å². The number of esters is 1. The smallest absolute Gasteiger partial charge is 0.350 e. The molecule has 5 aromatic rings. The van der Waals surface area contributed by atoms with Crippen molar-refractivity contribution in [3.05, 3.63) is 72.3 Å². The molecule has 4 heterocycles. The molecule has 0 aliphatic carbocycles. The Morgan fingerprint density at radius 3 is 2.69 bits per heavy atom. The lowest BCUT2D eigenvalue weighted by molar-refractivity contribution is -0.165. The standard InChI is InChI=1S/C34H34N8O6/c1-20(31-38-26-19-37-30-23(11-15-36-30)29(26)42(31)41-16-12-21(10-14-35)13-17-41)47-33(46)34(2,3)48-28-7-5-4-6-25(28)40-39-22-8-9-27(43)24(18-22)32(44)45/h4-9,11,15,18-21,43H,10,12-13,16-17H2,1-3H3,(H,36,37)(H,44,45)/b40-39+/t20-/m1/s1. The molecule has 6 rings (SSSR count). The minimum atomic E-state index is -1.46. The topological polar surface area (TPSA) is 191 Å². The highest BCUT2D eigenvalue weighted by atomic mass is 16.6. The van der Waals surface area contributed by atoms with Crippen LogP contribution in [-0.2, 0) is 9.53 Å². The monoisotopic (exact) mass is 650 g/mol. The number of nitrogens with zero attached hydrogens (tertiary/aromatic N) is 7. The number of para-hydroxylation sites is 1. The number of aromatic nitrogens is 4. The number of azo groups is 1. The van der Waals surface area contributed by atoms with E-state index in [1.165, 1.54) is 18.2 Å². The first-order valence-electron chi connectivity index (χ1n) is 15.5. The van der Waals surface area contributed by atoms with E-state index in [9.17, 15) is 25.1 Å². The number of hydrogen-bond donors (Lipinski definition) is 3. The normalized spacial score (nSPS) is 14.8. The van der Waals surface area contributed by atoms with Crippen LogP contribution in [0.3, 0.4) is 0 Å². The lowest BCUT2D eigenvalue weighted by Crippen LogP contribution is -2.44. The number of aromatic amines is 1. The molecule has 1 fully saturated rings. The summed E-state index contributed by atoms with van der Waals surface area (Å²) in [5, 5.41) is 39.7. The average Bonchev–Trinajstić information content (AvgIpc) is 3.70. The number of carbonyl (C=O) groups excluding carboxylic acids is 1. The molecule has 3 N–H and O–H groups in total. The van der Waals surface area contributed by atoms with Crippen molar-refractivity contribution in [3.8, 4) is 17.6 Å². The predicted molar refractivity (Wildman–Crippen MR) is 175 cm³/mol. The maximum absolute atomic E-state index is 13.7. The average molecular weight is 651 g/mol. The molecule has 1 atom stereocenters.